The van der Waals surface area contributed by atoms with Gasteiger partial charge in [0, 0.05) is 28.0 Å². The van der Waals surface area contributed by atoms with E-state index in [4.69, 9.17) is 0 Å². The van der Waals surface area contributed by atoms with Gasteiger partial charge >= 0.3 is 0 Å². The lowest BCUT2D eigenvalue weighted by Gasteiger charge is -2.17. The number of aromatic nitrogens is 3. The van der Waals surface area contributed by atoms with Crippen LogP contribution in [0.1, 0.15) is 24.3 Å². The van der Waals surface area contributed by atoms with Crippen LogP contribution in [0.15, 0.2) is 33.7 Å². The molecule has 0 saturated carbocycles. The van der Waals surface area contributed by atoms with E-state index in [-0.39, 0.29) is 5.91 Å². The molecule has 3 rings (SSSR count). The fraction of sp³-hybridized carbons (Fsp3) is 0.353. The summed E-state index contributed by atoms with van der Waals surface area (Å²) in [6.07, 6.45) is 3.52. The lowest BCUT2D eigenvalue weighted by Crippen LogP contribution is -2.27. The first kappa shape index (κ1) is 19.2. The molecule has 3 aromatic heterocycles. The summed E-state index contributed by atoms with van der Waals surface area (Å²) in [7, 11) is 0. The molecule has 0 saturated heterocycles. The Labute approximate surface area is 169 Å². The first-order chi connectivity index (χ1) is 12.6. The Hall–Kier alpha value is -1.55. The van der Waals surface area contributed by atoms with E-state index < -0.39 is 0 Å². The minimum atomic E-state index is -0.216. The van der Waals surface area contributed by atoms with Gasteiger partial charge in [0.15, 0.2) is 0 Å². The third-order valence-corrected chi connectivity index (χ3v) is 6.65. The molecule has 0 aliphatic carbocycles. The normalized spacial score (nSPS) is 11.2. The zero-order chi connectivity index (χ0) is 18.5. The van der Waals surface area contributed by atoms with Crippen LogP contribution in [0.25, 0.3) is 9.88 Å². The number of amides is 1. The van der Waals surface area contributed by atoms with Crippen molar-refractivity contribution in [2.24, 2.45) is 0 Å². The summed E-state index contributed by atoms with van der Waals surface area (Å²) in [5, 5.41) is 11.8. The first-order valence-corrected chi connectivity index (χ1v) is 10.9. The highest BCUT2D eigenvalue weighted by atomic mass is 79.9. The number of hydrogen-bond donors (Lipinski definition) is 1. The molecule has 0 radical (unpaired) electrons. The number of carbonyl (C=O) groups excluding carboxylic acids is 1. The van der Waals surface area contributed by atoms with Gasteiger partial charge in [0.25, 0.3) is 5.91 Å². The third-order valence-electron chi connectivity index (χ3n) is 3.95. The number of rotatable bonds is 8. The van der Waals surface area contributed by atoms with Gasteiger partial charge in [-0.2, -0.15) is 5.10 Å². The second kappa shape index (κ2) is 8.90. The maximum absolute atomic E-state index is 12.4. The van der Waals surface area contributed by atoms with Crippen molar-refractivity contribution in [1.29, 1.82) is 0 Å². The van der Waals surface area contributed by atoms with Gasteiger partial charge < -0.3 is 10.2 Å². The predicted octanol–water partition coefficient (Wildman–Crippen LogP) is 4.42. The molecule has 0 atom stereocenters. The van der Waals surface area contributed by atoms with Gasteiger partial charge in [-0.3, -0.25) is 9.48 Å². The molecule has 138 valence electrons. The molecule has 26 heavy (non-hydrogen) atoms. The molecule has 0 fully saturated rings. The number of carbonyl (C=O) groups is 1. The van der Waals surface area contributed by atoms with Crippen LogP contribution < -0.4 is 5.32 Å². The van der Waals surface area contributed by atoms with Crippen LogP contribution >= 0.6 is 38.6 Å². The highest BCUT2D eigenvalue weighted by molar-refractivity contribution is 9.10. The summed E-state index contributed by atoms with van der Waals surface area (Å²) >= 11 is 6.50. The van der Waals surface area contributed by atoms with Gasteiger partial charge in [-0.05, 0) is 35.1 Å². The molecule has 3 heterocycles. The monoisotopic (exact) mass is 453 g/mol. The summed E-state index contributed by atoms with van der Waals surface area (Å²) in [6, 6.07) is 2.01. The Bertz CT molecular complexity index is 868. The lowest BCUT2D eigenvalue weighted by atomic mass is 10.4. The van der Waals surface area contributed by atoms with E-state index in [1.54, 1.807) is 22.9 Å². The molecule has 3 aromatic rings. The van der Waals surface area contributed by atoms with Gasteiger partial charge in [0.2, 0.25) is 0 Å². The zero-order valence-corrected chi connectivity index (χ0v) is 17.8. The van der Waals surface area contributed by atoms with Crippen molar-refractivity contribution < 1.29 is 4.79 Å². The molecule has 0 aromatic carbocycles. The van der Waals surface area contributed by atoms with E-state index in [0.29, 0.717) is 11.4 Å². The Balaban J connectivity index is 1.59. The Morgan fingerprint density at radius 1 is 1.31 bits per heavy atom. The number of anilines is 1. The van der Waals surface area contributed by atoms with Crippen LogP contribution in [0.2, 0.25) is 0 Å². The Morgan fingerprint density at radius 2 is 2.12 bits per heavy atom. The van der Waals surface area contributed by atoms with E-state index >= 15 is 0 Å². The number of likely N-dealkylation sites (N-methyl/N-ethyl adjacent to an activating group) is 1. The fourth-order valence-electron chi connectivity index (χ4n) is 2.45. The highest BCUT2D eigenvalue weighted by Gasteiger charge is 2.14. The quantitative estimate of drug-likeness (QED) is 0.547. The molecule has 0 aliphatic heterocycles. The summed E-state index contributed by atoms with van der Waals surface area (Å²) in [6.45, 7) is 8.08. The molecule has 1 amide bonds. The maximum Gasteiger partial charge on any atom is 0.275 e. The van der Waals surface area contributed by atoms with Crippen molar-refractivity contribution >= 4 is 50.2 Å². The highest BCUT2D eigenvalue weighted by Crippen LogP contribution is 2.32. The van der Waals surface area contributed by atoms with E-state index in [2.05, 4.69) is 50.1 Å². The minimum absolute atomic E-state index is 0.216. The number of halogens is 1. The first-order valence-electron chi connectivity index (χ1n) is 8.35. The van der Waals surface area contributed by atoms with Crippen molar-refractivity contribution in [3.05, 3.63) is 39.4 Å². The predicted molar refractivity (Wildman–Crippen MR) is 111 cm³/mol. The third kappa shape index (κ3) is 4.79. The molecule has 1 N–H and O–H groups in total. The van der Waals surface area contributed by atoms with Gasteiger partial charge in [-0.25, -0.2) is 4.98 Å². The number of nitrogens with zero attached hydrogens (tertiary/aromatic N) is 4. The topological polar surface area (TPSA) is 63.0 Å². The Kier molecular flexibility index (Phi) is 6.58. The van der Waals surface area contributed by atoms with Crippen molar-refractivity contribution in [1.82, 2.24) is 19.7 Å². The standard InChI is InChI=1S/C17H20BrN5OS2/c1-3-22(4-2)5-6-23-9-13(8-19-23)20-16(24)14-11-26-17(21-14)15-7-12(18)10-25-15/h7-11H,3-6H2,1-2H3,(H,20,24). The molecule has 0 bridgehead atoms. The van der Waals surface area contributed by atoms with Crippen molar-refractivity contribution in [2.45, 2.75) is 20.4 Å². The largest absolute Gasteiger partial charge is 0.318 e. The molecule has 0 unspecified atom stereocenters. The van der Waals surface area contributed by atoms with E-state index in [1.807, 2.05) is 22.3 Å². The smallest absolute Gasteiger partial charge is 0.275 e. The van der Waals surface area contributed by atoms with Crippen LogP contribution in [0, 0.1) is 0 Å². The molecular formula is C17H20BrN5OS2. The number of thiophene rings is 1. The SMILES string of the molecule is CCN(CC)CCn1cc(NC(=O)c2csc(-c3cc(Br)cs3)n2)cn1. The number of hydrogen-bond acceptors (Lipinski definition) is 6. The maximum atomic E-state index is 12.4. The summed E-state index contributed by atoms with van der Waals surface area (Å²) in [5.74, 6) is -0.216. The van der Waals surface area contributed by atoms with Crippen LogP contribution in [0.4, 0.5) is 5.69 Å². The van der Waals surface area contributed by atoms with Crippen LogP contribution in [-0.2, 0) is 6.54 Å². The van der Waals surface area contributed by atoms with Crippen molar-refractivity contribution in [2.75, 3.05) is 25.0 Å². The number of nitrogens with one attached hydrogen (secondary N) is 1. The van der Waals surface area contributed by atoms with Gasteiger partial charge in [0.05, 0.1) is 23.3 Å². The molecule has 6 nitrogen and oxygen atoms in total. The van der Waals surface area contributed by atoms with Gasteiger partial charge in [0.1, 0.15) is 10.7 Å². The number of thiazole rings is 1. The van der Waals surface area contributed by atoms with Crippen LogP contribution in [0.3, 0.4) is 0 Å². The molecule has 0 aliphatic rings. The molecule has 9 heteroatoms. The summed E-state index contributed by atoms with van der Waals surface area (Å²) in [5.41, 5.74) is 1.10. The van der Waals surface area contributed by atoms with Crippen molar-refractivity contribution in [3.8, 4) is 9.88 Å². The zero-order valence-electron chi connectivity index (χ0n) is 14.6. The van der Waals surface area contributed by atoms with Crippen LogP contribution in [-0.4, -0.2) is 45.2 Å². The Morgan fingerprint density at radius 3 is 2.81 bits per heavy atom. The fourth-order valence-corrected chi connectivity index (χ4v) is 4.75. The summed E-state index contributed by atoms with van der Waals surface area (Å²) < 4.78 is 2.87. The van der Waals surface area contributed by atoms with Gasteiger partial charge in [-0.15, -0.1) is 22.7 Å². The average molecular weight is 454 g/mol. The van der Waals surface area contributed by atoms with Crippen LogP contribution in [0.5, 0.6) is 0 Å². The van der Waals surface area contributed by atoms with Crippen molar-refractivity contribution in [3.63, 3.8) is 0 Å². The molecule has 0 spiro atoms. The second-order valence-corrected chi connectivity index (χ2v) is 8.33. The lowest BCUT2D eigenvalue weighted by molar-refractivity contribution is 0.102. The summed E-state index contributed by atoms with van der Waals surface area (Å²) in [4.78, 5) is 20.2. The van der Waals surface area contributed by atoms with E-state index in [1.165, 1.54) is 11.3 Å². The van der Waals surface area contributed by atoms with Gasteiger partial charge in [-0.1, -0.05) is 13.8 Å². The van der Waals surface area contributed by atoms with E-state index in [9.17, 15) is 4.79 Å². The minimum Gasteiger partial charge on any atom is -0.318 e. The second-order valence-electron chi connectivity index (χ2n) is 5.64. The van der Waals surface area contributed by atoms with E-state index in [0.717, 1.165) is 40.5 Å². The average Bonchev–Trinajstić information content (AvgIpc) is 3.36. The molecular weight excluding hydrogens is 434 g/mol.